The lowest BCUT2D eigenvalue weighted by molar-refractivity contribution is 0.501. The molecule has 3 nitrogen and oxygen atoms in total. The lowest BCUT2D eigenvalue weighted by Gasteiger charge is -2.01. The highest BCUT2D eigenvalue weighted by Gasteiger charge is 2.27. The van der Waals surface area contributed by atoms with Crippen LogP contribution in [0.3, 0.4) is 0 Å². The molecule has 0 unspecified atom stereocenters. The summed E-state index contributed by atoms with van der Waals surface area (Å²) >= 11 is 5.18. The van der Waals surface area contributed by atoms with E-state index in [0.717, 1.165) is 28.3 Å². The predicted molar refractivity (Wildman–Crippen MR) is 64.7 cm³/mol. The van der Waals surface area contributed by atoms with Crippen LogP contribution in [0, 0.1) is 24.0 Å². The first kappa shape index (κ1) is 9.54. The van der Waals surface area contributed by atoms with Gasteiger partial charge in [0.15, 0.2) is 0 Å². The standard InChI is InChI=1S/C12H10N2OS/c1-6-3-4-9-8-5-7(2)15-12(16)10(8)11(13)14(6)9/h3-5,13H,1-2H3. The third kappa shape index (κ3) is 1.02. The van der Waals surface area contributed by atoms with Crippen LogP contribution in [0.25, 0.3) is 11.3 Å². The van der Waals surface area contributed by atoms with Crippen LogP contribution in [0.15, 0.2) is 22.6 Å². The van der Waals surface area contributed by atoms with Gasteiger partial charge < -0.3 is 4.42 Å². The van der Waals surface area contributed by atoms with Crippen molar-refractivity contribution in [3.05, 3.63) is 39.9 Å². The van der Waals surface area contributed by atoms with Crippen molar-refractivity contribution in [3.63, 3.8) is 0 Å². The molecular formula is C12H10N2OS. The van der Waals surface area contributed by atoms with E-state index in [1.54, 1.807) is 0 Å². The monoisotopic (exact) mass is 230 g/mol. The number of aromatic nitrogens is 1. The lowest BCUT2D eigenvalue weighted by atomic mass is 10.1. The minimum absolute atomic E-state index is 0.406. The Morgan fingerprint density at radius 1 is 1.31 bits per heavy atom. The third-order valence-electron chi connectivity index (χ3n) is 2.89. The van der Waals surface area contributed by atoms with Crippen molar-refractivity contribution in [3.8, 4) is 11.3 Å². The zero-order valence-corrected chi connectivity index (χ0v) is 9.81. The minimum Gasteiger partial charge on any atom is -0.450 e. The molecule has 0 amide bonds. The number of fused-ring (bicyclic) bond motifs is 3. The van der Waals surface area contributed by atoms with Crippen LogP contribution in [0.4, 0.5) is 0 Å². The van der Waals surface area contributed by atoms with E-state index in [9.17, 15) is 0 Å². The number of hydrogen-bond acceptors (Lipinski definition) is 3. The smallest absolute Gasteiger partial charge is 0.201 e. The molecule has 0 atom stereocenters. The average molecular weight is 230 g/mol. The van der Waals surface area contributed by atoms with Crippen LogP contribution in [-0.2, 0) is 0 Å². The van der Waals surface area contributed by atoms with Gasteiger partial charge >= 0.3 is 0 Å². The highest BCUT2D eigenvalue weighted by atomic mass is 32.1. The van der Waals surface area contributed by atoms with Gasteiger partial charge in [0, 0.05) is 11.3 Å². The highest BCUT2D eigenvalue weighted by molar-refractivity contribution is 7.71. The van der Waals surface area contributed by atoms with E-state index in [0.29, 0.717) is 10.5 Å². The normalized spacial score (nSPS) is 12.8. The minimum atomic E-state index is 0.406. The number of nitrogens with one attached hydrogen (secondary N) is 1. The van der Waals surface area contributed by atoms with Gasteiger partial charge in [-0.15, -0.1) is 0 Å². The molecule has 2 aromatic heterocycles. The molecule has 1 aliphatic heterocycles. The average Bonchev–Trinajstić information content (AvgIpc) is 2.69. The van der Waals surface area contributed by atoms with Crippen molar-refractivity contribution in [1.29, 1.82) is 5.41 Å². The Hall–Kier alpha value is -1.68. The summed E-state index contributed by atoms with van der Waals surface area (Å²) in [6.07, 6.45) is 0. The van der Waals surface area contributed by atoms with E-state index >= 15 is 0 Å². The van der Waals surface area contributed by atoms with Crippen molar-refractivity contribution in [2.24, 2.45) is 0 Å². The van der Waals surface area contributed by atoms with E-state index in [4.69, 9.17) is 22.0 Å². The molecule has 80 valence electrons. The molecule has 0 spiro atoms. The topological polar surface area (TPSA) is 41.9 Å². The summed E-state index contributed by atoms with van der Waals surface area (Å²) in [5, 5.41) is 8.12. The van der Waals surface area contributed by atoms with Crippen molar-refractivity contribution in [2.75, 3.05) is 0 Å². The van der Waals surface area contributed by atoms with Crippen LogP contribution >= 0.6 is 12.2 Å². The first-order chi connectivity index (χ1) is 7.59. The van der Waals surface area contributed by atoms with E-state index in [2.05, 4.69) is 0 Å². The molecule has 16 heavy (non-hydrogen) atoms. The molecule has 0 aliphatic carbocycles. The Morgan fingerprint density at radius 2 is 2.06 bits per heavy atom. The first-order valence-corrected chi connectivity index (χ1v) is 5.43. The van der Waals surface area contributed by atoms with E-state index < -0.39 is 0 Å². The summed E-state index contributed by atoms with van der Waals surface area (Å²) in [6.45, 7) is 3.86. The molecule has 4 heteroatoms. The summed E-state index contributed by atoms with van der Waals surface area (Å²) in [6, 6.07) is 5.97. The second-order valence-electron chi connectivity index (χ2n) is 3.98. The predicted octanol–water partition coefficient (Wildman–Crippen LogP) is 3.28. The van der Waals surface area contributed by atoms with Gasteiger partial charge in [-0.2, -0.15) is 0 Å². The van der Waals surface area contributed by atoms with Crippen molar-refractivity contribution in [2.45, 2.75) is 13.8 Å². The maximum atomic E-state index is 8.12. The van der Waals surface area contributed by atoms with Gasteiger partial charge in [0.1, 0.15) is 11.6 Å². The Morgan fingerprint density at radius 3 is 2.81 bits per heavy atom. The maximum absolute atomic E-state index is 8.12. The maximum Gasteiger partial charge on any atom is 0.201 e. The summed E-state index contributed by atoms with van der Waals surface area (Å²) in [4.78, 5) is 0. The van der Waals surface area contributed by atoms with Gasteiger partial charge in [-0.3, -0.25) is 9.98 Å². The van der Waals surface area contributed by atoms with Crippen LogP contribution in [0.1, 0.15) is 17.0 Å². The Kier molecular flexibility index (Phi) is 1.74. The van der Waals surface area contributed by atoms with E-state index in [1.165, 1.54) is 0 Å². The molecule has 0 saturated carbocycles. The second kappa shape index (κ2) is 2.92. The van der Waals surface area contributed by atoms with E-state index in [1.807, 2.05) is 36.6 Å². The molecule has 1 aliphatic rings. The Bertz CT molecular complexity index is 679. The second-order valence-corrected chi connectivity index (χ2v) is 4.35. The fourth-order valence-electron chi connectivity index (χ4n) is 2.20. The molecule has 2 aromatic rings. The van der Waals surface area contributed by atoms with Crippen LogP contribution < -0.4 is 0 Å². The van der Waals surface area contributed by atoms with Gasteiger partial charge in [-0.05, 0) is 44.3 Å². The van der Waals surface area contributed by atoms with Crippen molar-refractivity contribution < 1.29 is 4.42 Å². The molecule has 0 radical (unpaired) electrons. The quantitative estimate of drug-likeness (QED) is 0.602. The molecule has 3 rings (SSSR count). The van der Waals surface area contributed by atoms with Crippen LogP contribution in [0.5, 0.6) is 0 Å². The third-order valence-corrected chi connectivity index (χ3v) is 3.17. The number of aryl methyl sites for hydroxylation is 2. The van der Waals surface area contributed by atoms with Gasteiger partial charge in [0.25, 0.3) is 0 Å². The number of nitrogens with zero attached hydrogens (tertiary/aromatic N) is 1. The zero-order chi connectivity index (χ0) is 11.4. The molecule has 0 aromatic carbocycles. The highest BCUT2D eigenvalue weighted by Crippen LogP contribution is 2.34. The lowest BCUT2D eigenvalue weighted by Crippen LogP contribution is -2.08. The Labute approximate surface area is 97.8 Å². The van der Waals surface area contributed by atoms with Crippen LogP contribution in [-0.4, -0.2) is 10.4 Å². The van der Waals surface area contributed by atoms with Gasteiger partial charge in [-0.25, -0.2) is 0 Å². The summed E-state index contributed by atoms with van der Waals surface area (Å²) in [7, 11) is 0. The number of hydrogen-bond donors (Lipinski definition) is 1. The summed E-state index contributed by atoms with van der Waals surface area (Å²) in [5.41, 5.74) is 3.82. The molecule has 0 fully saturated rings. The summed E-state index contributed by atoms with van der Waals surface area (Å²) < 4.78 is 7.70. The van der Waals surface area contributed by atoms with Crippen molar-refractivity contribution >= 4 is 18.1 Å². The summed E-state index contributed by atoms with van der Waals surface area (Å²) in [5.74, 6) is 1.20. The largest absolute Gasteiger partial charge is 0.450 e. The zero-order valence-electron chi connectivity index (χ0n) is 9.00. The fourth-order valence-corrected chi connectivity index (χ4v) is 2.53. The van der Waals surface area contributed by atoms with Crippen LogP contribution in [0.2, 0.25) is 0 Å². The molecule has 0 bridgehead atoms. The fraction of sp³-hybridized carbons (Fsp3) is 0.167. The molecule has 1 N–H and O–H groups in total. The SMILES string of the molecule is Cc1cc2c(c(=S)o1)C(=N)n1c(C)ccc1-2. The number of rotatable bonds is 0. The van der Waals surface area contributed by atoms with Gasteiger partial charge in [-0.1, -0.05) is 0 Å². The molecule has 0 saturated heterocycles. The first-order valence-electron chi connectivity index (χ1n) is 5.02. The Balaban J connectivity index is 2.47. The van der Waals surface area contributed by atoms with Crippen molar-refractivity contribution in [1.82, 2.24) is 4.57 Å². The van der Waals surface area contributed by atoms with Gasteiger partial charge in [0.05, 0.1) is 11.3 Å². The molecular weight excluding hydrogens is 220 g/mol. The van der Waals surface area contributed by atoms with Gasteiger partial charge in [0.2, 0.25) is 4.71 Å². The van der Waals surface area contributed by atoms with E-state index in [-0.39, 0.29) is 0 Å². The molecule has 3 heterocycles.